The normalized spacial score (nSPS) is 11.7. The van der Waals surface area contributed by atoms with Gasteiger partial charge in [-0.15, -0.1) is 0 Å². The minimum absolute atomic E-state index is 0.266. The maximum Gasteiger partial charge on any atom is 0.319 e. The monoisotopic (exact) mass is 347 g/mol. The third kappa shape index (κ3) is 5.27. The second-order valence-corrected chi connectivity index (χ2v) is 5.80. The van der Waals surface area contributed by atoms with Crippen molar-refractivity contribution in [1.82, 2.24) is 5.32 Å². The van der Waals surface area contributed by atoms with Gasteiger partial charge in [0.25, 0.3) is 0 Å². The van der Waals surface area contributed by atoms with Gasteiger partial charge >= 0.3 is 6.03 Å². The number of nitrogens with one attached hydrogen (secondary N) is 3. The summed E-state index contributed by atoms with van der Waals surface area (Å²) in [5.41, 5.74) is 0.292. The van der Waals surface area contributed by atoms with Gasteiger partial charge in [-0.25, -0.2) is 13.6 Å². The summed E-state index contributed by atoms with van der Waals surface area (Å²) in [7, 11) is 0. The van der Waals surface area contributed by atoms with Gasteiger partial charge in [0, 0.05) is 11.8 Å². The molecule has 1 unspecified atom stereocenters. The highest BCUT2D eigenvalue weighted by atomic mass is 19.1. The molecule has 7 heteroatoms. The maximum atomic E-state index is 13.7. The van der Waals surface area contributed by atoms with E-state index in [9.17, 15) is 18.4 Å². The molecular weight excluding hydrogens is 328 g/mol. The van der Waals surface area contributed by atoms with Gasteiger partial charge < -0.3 is 16.0 Å². The molecule has 0 bridgehead atoms. The summed E-state index contributed by atoms with van der Waals surface area (Å²) in [5.74, 6) is -2.33. The highest BCUT2D eigenvalue weighted by Gasteiger charge is 2.25. The maximum absolute atomic E-state index is 13.7. The van der Waals surface area contributed by atoms with E-state index >= 15 is 0 Å². The molecule has 1 atom stereocenters. The van der Waals surface area contributed by atoms with Crippen molar-refractivity contribution in [3.05, 3.63) is 60.2 Å². The highest BCUT2D eigenvalue weighted by Crippen LogP contribution is 2.16. The van der Waals surface area contributed by atoms with Gasteiger partial charge in [-0.05, 0) is 30.2 Å². The van der Waals surface area contributed by atoms with Crippen LogP contribution in [0.5, 0.6) is 0 Å². The lowest BCUT2D eigenvalue weighted by Gasteiger charge is -2.22. The van der Waals surface area contributed by atoms with Crippen molar-refractivity contribution in [3.63, 3.8) is 0 Å². The smallest absolute Gasteiger partial charge is 0.319 e. The van der Waals surface area contributed by atoms with Crippen LogP contribution < -0.4 is 16.0 Å². The Balaban J connectivity index is 2.05. The molecule has 0 aliphatic rings. The molecule has 0 aromatic heterocycles. The van der Waals surface area contributed by atoms with E-state index < -0.39 is 29.6 Å². The Morgan fingerprint density at radius 3 is 2.28 bits per heavy atom. The summed E-state index contributed by atoms with van der Waals surface area (Å²) in [6.45, 7) is 3.46. The van der Waals surface area contributed by atoms with Crippen LogP contribution in [-0.4, -0.2) is 18.0 Å². The lowest BCUT2D eigenvalue weighted by atomic mass is 10.0. The highest BCUT2D eigenvalue weighted by molar-refractivity contribution is 5.99. The van der Waals surface area contributed by atoms with Gasteiger partial charge in [0.2, 0.25) is 5.91 Å². The Bertz CT molecular complexity index is 751. The van der Waals surface area contributed by atoms with E-state index in [1.54, 1.807) is 44.2 Å². The Hall–Kier alpha value is -2.96. The fraction of sp³-hybridized carbons (Fsp3) is 0.222. The van der Waals surface area contributed by atoms with Crippen molar-refractivity contribution in [3.8, 4) is 0 Å². The van der Waals surface area contributed by atoms with E-state index in [-0.39, 0.29) is 11.6 Å². The number of benzene rings is 2. The van der Waals surface area contributed by atoms with Crippen LogP contribution in [-0.2, 0) is 4.79 Å². The summed E-state index contributed by atoms with van der Waals surface area (Å²) < 4.78 is 26.9. The van der Waals surface area contributed by atoms with E-state index in [2.05, 4.69) is 16.0 Å². The predicted molar refractivity (Wildman–Crippen MR) is 92.2 cm³/mol. The van der Waals surface area contributed by atoms with E-state index in [1.807, 2.05) is 0 Å². The number of carbonyl (C=O) groups is 2. The van der Waals surface area contributed by atoms with Crippen LogP contribution in [0, 0.1) is 17.6 Å². The molecule has 2 aromatic carbocycles. The van der Waals surface area contributed by atoms with Crippen LogP contribution in [0.1, 0.15) is 13.8 Å². The van der Waals surface area contributed by atoms with Crippen LogP contribution >= 0.6 is 0 Å². The number of amides is 3. The molecule has 0 saturated heterocycles. The number of urea groups is 1. The van der Waals surface area contributed by atoms with Crippen molar-refractivity contribution in [2.75, 3.05) is 10.6 Å². The first-order chi connectivity index (χ1) is 11.9. The van der Waals surface area contributed by atoms with Gasteiger partial charge in [0.1, 0.15) is 17.7 Å². The molecule has 3 N–H and O–H groups in total. The first kappa shape index (κ1) is 18.4. The van der Waals surface area contributed by atoms with Gasteiger partial charge in [-0.1, -0.05) is 32.0 Å². The van der Waals surface area contributed by atoms with Gasteiger partial charge in [0.05, 0.1) is 5.69 Å². The first-order valence-electron chi connectivity index (χ1n) is 7.75. The summed E-state index contributed by atoms with van der Waals surface area (Å²) in [6, 6.07) is 9.99. The summed E-state index contributed by atoms with van der Waals surface area (Å²) >= 11 is 0. The Labute approximate surface area is 144 Å². The van der Waals surface area contributed by atoms with Gasteiger partial charge in [0.15, 0.2) is 0 Å². The largest absolute Gasteiger partial charge is 0.326 e. The topological polar surface area (TPSA) is 70.2 Å². The standard InChI is InChI=1S/C18H19F2N3O2/c1-11(2)16(23-18(25)21-13-6-4-3-5-7-13)17(24)22-15-10-12(19)8-9-14(15)20/h3-11,16H,1-2H3,(H,22,24)(H2,21,23,25). The third-order valence-corrected chi connectivity index (χ3v) is 3.45. The third-order valence-electron chi connectivity index (χ3n) is 3.45. The van der Waals surface area contributed by atoms with Crippen LogP contribution in [0.4, 0.5) is 25.0 Å². The Kier molecular flexibility index (Phi) is 6.05. The average Bonchev–Trinajstić information content (AvgIpc) is 2.56. The van der Waals surface area contributed by atoms with Crippen molar-refractivity contribution < 1.29 is 18.4 Å². The number of carbonyl (C=O) groups excluding carboxylic acids is 2. The number of para-hydroxylation sites is 1. The molecule has 0 fully saturated rings. The zero-order chi connectivity index (χ0) is 18.4. The molecular formula is C18H19F2N3O2. The van der Waals surface area contributed by atoms with Crippen LogP contribution in [0.25, 0.3) is 0 Å². The number of hydrogen-bond donors (Lipinski definition) is 3. The zero-order valence-corrected chi connectivity index (χ0v) is 13.8. The molecule has 5 nitrogen and oxygen atoms in total. The fourth-order valence-electron chi connectivity index (χ4n) is 2.17. The second-order valence-electron chi connectivity index (χ2n) is 5.80. The fourth-order valence-corrected chi connectivity index (χ4v) is 2.17. The molecule has 0 heterocycles. The lowest BCUT2D eigenvalue weighted by molar-refractivity contribution is -0.118. The Morgan fingerprint density at radius 2 is 1.64 bits per heavy atom. The molecule has 132 valence electrons. The molecule has 2 aromatic rings. The minimum atomic E-state index is -0.925. The van der Waals surface area contributed by atoms with E-state index in [0.717, 1.165) is 18.2 Å². The number of anilines is 2. The number of halogens is 2. The Morgan fingerprint density at radius 1 is 0.960 bits per heavy atom. The molecule has 2 rings (SSSR count). The van der Waals surface area contributed by atoms with Gasteiger partial charge in [-0.3, -0.25) is 4.79 Å². The average molecular weight is 347 g/mol. The van der Waals surface area contributed by atoms with Crippen LogP contribution in [0.3, 0.4) is 0 Å². The summed E-state index contributed by atoms with van der Waals surface area (Å²) in [6.07, 6.45) is 0. The number of rotatable bonds is 5. The molecule has 0 spiro atoms. The van der Waals surface area contributed by atoms with Crippen LogP contribution in [0.2, 0.25) is 0 Å². The minimum Gasteiger partial charge on any atom is -0.326 e. The first-order valence-corrected chi connectivity index (χ1v) is 7.75. The molecule has 0 radical (unpaired) electrons. The lowest BCUT2D eigenvalue weighted by Crippen LogP contribution is -2.48. The second kappa shape index (κ2) is 8.23. The van der Waals surface area contributed by atoms with Crippen molar-refractivity contribution in [2.24, 2.45) is 5.92 Å². The van der Waals surface area contributed by atoms with Crippen LogP contribution in [0.15, 0.2) is 48.5 Å². The molecule has 0 aliphatic carbocycles. The summed E-state index contributed by atoms with van der Waals surface area (Å²) in [5, 5.41) is 7.45. The molecule has 0 saturated carbocycles. The predicted octanol–water partition coefficient (Wildman–Crippen LogP) is 3.75. The molecule has 25 heavy (non-hydrogen) atoms. The van der Waals surface area contributed by atoms with Crippen molar-refractivity contribution >= 4 is 23.3 Å². The number of hydrogen-bond acceptors (Lipinski definition) is 2. The SMILES string of the molecule is CC(C)C(NC(=O)Nc1ccccc1)C(=O)Nc1cc(F)ccc1F. The quantitative estimate of drug-likeness (QED) is 0.771. The molecule has 0 aliphatic heterocycles. The van der Waals surface area contributed by atoms with E-state index in [4.69, 9.17) is 0 Å². The van der Waals surface area contributed by atoms with Crippen molar-refractivity contribution in [1.29, 1.82) is 0 Å². The zero-order valence-electron chi connectivity index (χ0n) is 13.8. The van der Waals surface area contributed by atoms with E-state index in [1.165, 1.54) is 0 Å². The van der Waals surface area contributed by atoms with Crippen molar-refractivity contribution in [2.45, 2.75) is 19.9 Å². The summed E-state index contributed by atoms with van der Waals surface area (Å²) in [4.78, 5) is 24.4. The van der Waals surface area contributed by atoms with E-state index in [0.29, 0.717) is 5.69 Å². The van der Waals surface area contributed by atoms with Gasteiger partial charge in [-0.2, -0.15) is 0 Å². The molecule has 3 amide bonds.